The fourth-order valence-corrected chi connectivity index (χ4v) is 6.23. The van der Waals surface area contributed by atoms with Crippen LogP contribution < -0.4 is 4.90 Å². The number of rotatable bonds is 5. The van der Waals surface area contributed by atoms with Gasteiger partial charge in [-0.1, -0.05) is 30.3 Å². The Morgan fingerprint density at radius 2 is 1.79 bits per heavy atom. The first-order chi connectivity index (χ1) is 13.9. The second kappa shape index (κ2) is 8.20. The van der Waals surface area contributed by atoms with Gasteiger partial charge in [-0.05, 0) is 30.5 Å². The van der Waals surface area contributed by atoms with Crippen LogP contribution in [0.3, 0.4) is 0 Å². The summed E-state index contributed by atoms with van der Waals surface area (Å²) in [5.41, 5.74) is 2.18. The zero-order valence-electron chi connectivity index (χ0n) is 15.6. The molecular weight excluding hydrogens is 414 g/mol. The van der Waals surface area contributed by atoms with Crippen molar-refractivity contribution in [3.8, 4) is 0 Å². The van der Waals surface area contributed by atoms with Crippen molar-refractivity contribution < 1.29 is 17.2 Å². The van der Waals surface area contributed by atoms with Crippen molar-refractivity contribution in [2.75, 3.05) is 18.0 Å². The third kappa shape index (κ3) is 4.33. The largest absolute Gasteiger partial charge is 0.348 e. The maximum absolute atomic E-state index is 14.0. The third-order valence-electron chi connectivity index (χ3n) is 5.12. The molecule has 0 radical (unpaired) electrons. The van der Waals surface area contributed by atoms with Crippen LogP contribution in [-0.4, -0.2) is 31.7 Å². The Kier molecular flexibility index (Phi) is 5.65. The lowest BCUT2D eigenvalue weighted by atomic mass is 10.1. The van der Waals surface area contributed by atoms with E-state index in [1.54, 1.807) is 11.3 Å². The first kappa shape index (κ1) is 20.0. The number of aromatic nitrogens is 1. The van der Waals surface area contributed by atoms with Crippen LogP contribution in [0.25, 0.3) is 0 Å². The van der Waals surface area contributed by atoms with Crippen molar-refractivity contribution in [1.29, 1.82) is 0 Å². The van der Waals surface area contributed by atoms with Crippen LogP contribution in [0.5, 0.6) is 0 Å². The number of nitrogens with zero attached hydrogens (tertiary/aromatic N) is 2. The summed E-state index contributed by atoms with van der Waals surface area (Å²) in [7, 11) is -3.84. The van der Waals surface area contributed by atoms with Gasteiger partial charge in [-0.25, -0.2) is 22.2 Å². The third-order valence-corrected chi connectivity index (χ3v) is 8.36. The topological polar surface area (TPSA) is 50.3 Å². The first-order valence-electron chi connectivity index (χ1n) is 9.36. The van der Waals surface area contributed by atoms with Crippen molar-refractivity contribution in [3.63, 3.8) is 0 Å². The predicted octanol–water partition coefficient (Wildman–Crippen LogP) is 4.45. The summed E-state index contributed by atoms with van der Waals surface area (Å²) in [6.07, 6.45) is 1.52. The number of hydrogen-bond donors (Lipinski definition) is 0. The minimum absolute atomic E-state index is 0.382. The van der Waals surface area contributed by atoms with E-state index in [1.165, 1.54) is 5.56 Å². The normalized spacial score (nSPS) is 15.6. The predicted molar refractivity (Wildman–Crippen MR) is 110 cm³/mol. The number of piperidine rings is 1. The van der Waals surface area contributed by atoms with Crippen molar-refractivity contribution in [2.45, 2.75) is 29.4 Å². The van der Waals surface area contributed by atoms with Gasteiger partial charge in [0.2, 0.25) is 0 Å². The highest BCUT2D eigenvalue weighted by molar-refractivity contribution is 7.92. The molecule has 0 aliphatic carbocycles. The number of benzene rings is 2. The van der Waals surface area contributed by atoms with Crippen LogP contribution in [-0.2, 0) is 16.3 Å². The van der Waals surface area contributed by atoms with Crippen LogP contribution in [0.15, 0.2) is 58.8 Å². The highest BCUT2D eigenvalue weighted by Gasteiger charge is 2.33. The Bertz CT molecular complexity index is 1090. The minimum Gasteiger partial charge on any atom is -0.348 e. The van der Waals surface area contributed by atoms with E-state index in [0.717, 1.165) is 29.4 Å². The average molecular weight is 435 g/mol. The Balaban J connectivity index is 1.42. The van der Waals surface area contributed by atoms with Gasteiger partial charge in [0.1, 0.15) is 16.5 Å². The average Bonchev–Trinajstić information content (AvgIpc) is 3.17. The Labute approximate surface area is 172 Å². The second-order valence-corrected chi connectivity index (χ2v) is 10.1. The molecule has 1 aromatic heterocycles. The molecule has 1 fully saturated rings. The zero-order valence-corrected chi connectivity index (χ0v) is 17.2. The van der Waals surface area contributed by atoms with Gasteiger partial charge in [-0.15, -0.1) is 11.3 Å². The smallest absolute Gasteiger partial charge is 0.185 e. The van der Waals surface area contributed by atoms with Gasteiger partial charge in [0.05, 0.1) is 10.9 Å². The highest BCUT2D eigenvalue weighted by atomic mass is 32.2. The molecule has 1 aliphatic rings. The van der Waals surface area contributed by atoms with E-state index >= 15 is 0 Å². The standard InChI is InChI=1S/C21H20F2N2O2S2/c22-16-6-7-20(19(23)13-16)29(26,27)18-8-10-25(11-9-18)21-24-17(14-28-21)12-15-4-2-1-3-5-15/h1-7,13-14,18H,8-12H2. The molecule has 2 aromatic carbocycles. The number of halogens is 2. The van der Waals surface area contributed by atoms with Gasteiger partial charge in [0.25, 0.3) is 0 Å². The molecule has 0 unspecified atom stereocenters. The van der Waals surface area contributed by atoms with E-state index in [1.807, 2.05) is 23.6 Å². The zero-order chi connectivity index (χ0) is 20.4. The van der Waals surface area contributed by atoms with Crippen LogP contribution in [0.1, 0.15) is 24.1 Å². The molecule has 1 saturated heterocycles. The summed E-state index contributed by atoms with van der Waals surface area (Å²) >= 11 is 1.55. The molecule has 3 aromatic rings. The molecule has 4 rings (SSSR count). The molecule has 0 atom stereocenters. The first-order valence-corrected chi connectivity index (χ1v) is 11.8. The minimum atomic E-state index is -3.84. The van der Waals surface area contributed by atoms with Crippen molar-refractivity contribution in [2.24, 2.45) is 0 Å². The molecule has 8 heteroatoms. The quantitative estimate of drug-likeness (QED) is 0.557. The van der Waals surface area contributed by atoms with E-state index in [-0.39, 0.29) is 0 Å². The van der Waals surface area contributed by atoms with Gasteiger partial charge in [-0.2, -0.15) is 0 Å². The van der Waals surface area contributed by atoms with Gasteiger partial charge >= 0.3 is 0 Å². The number of anilines is 1. The molecule has 4 nitrogen and oxygen atoms in total. The highest BCUT2D eigenvalue weighted by Crippen LogP contribution is 2.30. The second-order valence-electron chi connectivity index (χ2n) is 7.09. The maximum Gasteiger partial charge on any atom is 0.185 e. The van der Waals surface area contributed by atoms with Gasteiger partial charge in [-0.3, -0.25) is 0 Å². The van der Waals surface area contributed by atoms with E-state index in [4.69, 9.17) is 4.98 Å². The van der Waals surface area contributed by atoms with Crippen LogP contribution in [0.4, 0.5) is 13.9 Å². The lowest BCUT2D eigenvalue weighted by Gasteiger charge is -2.31. The molecule has 29 heavy (non-hydrogen) atoms. The van der Waals surface area contributed by atoms with E-state index in [9.17, 15) is 17.2 Å². The van der Waals surface area contributed by atoms with E-state index in [0.29, 0.717) is 32.0 Å². The van der Waals surface area contributed by atoms with Crippen molar-refractivity contribution >= 4 is 26.3 Å². The summed E-state index contributed by atoms with van der Waals surface area (Å²) in [5.74, 6) is -1.82. The van der Waals surface area contributed by atoms with Crippen LogP contribution in [0.2, 0.25) is 0 Å². The fraction of sp³-hybridized carbons (Fsp3) is 0.286. The summed E-state index contributed by atoms with van der Waals surface area (Å²) in [6, 6.07) is 12.7. The fourth-order valence-electron chi connectivity index (χ4n) is 3.57. The van der Waals surface area contributed by atoms with Crippen molar-refractivity contribution in [3.05, 3.63) is 76.8 Å². The maximum atomic E-state index is 14.0. The van der Waals surface area contributed by atoms with Gasteiger partial charge in [0.15, 0.2) is 15.0 Å². The molecule has 0 bridgehead atoms. The lowest BCUT2D eigenvalue weighted by molar-refractivity contribution is 0.516. The van der Waals surface area contributed by atoms with Crippen LogP contribution in [0, 0.1) is 11.6 Å². The molecule has 0 saturated carbocycles. The Hall–Kier alpha value is -2.32. The Morgan fingerprint density at radius 3 is 2.48 bits per heavy atom. The SMILES string of the molecule is O=S(=O)(c1ccc(F)cc1F)C1CCN(c2nc(Cc3ccccc3)cs2)CC1. The summed E-state index contributed by atoms with van der Waals surface area (Å²) in [6.45, 7) is 1.07. The van der Waals surface area contributed by atoms with Crippen LogP contribution >= 0.6 is 11.3 Å². The summed E-state index contributed by atoms with van der Waals surface area (Å²) < 4.78 is 52.6. The van der Waals surface area contributed by atoms with Crippen molar-refractivity contribution in [1.82, 2.24) is 4.98 Å². The summed E-state index contributed by atoms with van der Waals surface area (Å²) in [5, 5.41) is 2.22. The molecular formula is C21H20F2N2O2S2. The van der Waals surface area contributed by atoms with Gasteiger partial charge < -0.3 is 4.90 Å². The molecule has 0 spiro atoms. The molecule has 0 N–H and O–H groups in total. The lowest BCUT2D eigenvalue weighted by Crippen LogP contribution is -2.39. The molecule has 152 valence electrons. The van der Waals surface area contributed by atoms with E-state index in [2.05, 4.69) is 17.0 Å². The summed E-state index contributed by atoms with van der Waals surface area (Å²) in [4.78, 5) is 6.35. The number of hydrogen-bond acceptors (Lipinski definition) is 5. The molecule has 1 aliphatic heterocycles. The Morgan fingerprint density at radius 1 is 1.07 bits per heavy atom. The molecule has 0 amide bonds. The molecule has 2 heterocycles. The number of thiazole rings is 1. The monoisotopic (exact) mass is 434 g/mol. The van der Waals surface area contributed by atoms with E-state index < -0.39 is 31.6 Å². The van der Waals surface area contributed by atoms with Gasteiger partial charge in [0, 0.05) is 31.0 Å². The number of sulfone groups is 1.